The van der Waals surface area contributed by atoms with Crippen molar-refractivity contribution in [2.75, 3.05) is 20.3 Å². The summed E-state index contributed by atoms with van der Waals surface area (Å²) >= 11 is 0. The standard InChI is InChI=1S/C16H27NO2/c1-6-18-15-9-8-13(11-16(15)19-7-2)14(17-5)10-12(3)4/h8-9,11-12,14,17H,6-7,10H2,1-5H3. The smallest absolute Gasteiger partial charge is 0.161 e. The highest BCUT2D eigenvalue weighted by Gasteiger charge is 2.14. The number of benzene rings is 1. The van der Waals surface area contributed by atoms with Crippen molar-refractivity contribution in [1.29, 1.82) is 0 Å². The van der Waals surface area contributed by atoms with Gasteiger partial charge in [-0.05, 0) is 50.9 Å². The van der Waals surface area contributed by atoms with Crippen molar-refractivity contribution in [2.45, 2.75) is 40.2 Å². The van der Waals surface area contributed by atoms with E-state index in [-0.39, 0.29) is 0 Å². The first kappa shape index (κ1) is 15.8. The summed E-state index contributed by atoms with van der Waals surface area (Å²) in [5.74, 6) is 2.32. The number of hydrogen-bond acceptors (Lipinski definition) is 3. The zero-order chi connectivity index (χ0) is 14.3. The van der Waals surface area contributed by atoms with Crippen LogP contribution in [0.4, 0.5) is 0 Å². The Hall–Kier alpha value is -1.22. The maximum atomic E-state index is 5.68. The van der Waals surface area contributed by atoms with Gasteiger partial charge in [0.1, 0.15) is 0 Å². The second-order valence-electron chi connectivity index (χ2n) is 5.04. The van der Waals surface area contributed by atoms with Crippen LogP contribution in [-0.2, 0) is 0 Å². The van der Waals surface area contributed by atoms with Gasteiger partial charge in [-0.1, -0.05) is 19.9 Å². The molecule has 0 saturated heterocycles. The first-order valence-electron chi connectivity index (χ1n) is 7.19. The minimum atomic E-state index is 0.356. The van der Waals surface area contributed by atoms with Crippen LogP contribution in [0.3, 0.4) is 0 Å². The Labute approximate surface area is 117 Å². The fraction of sp³-hybridized carbons (Fsp3) is 0.625. The molecule has 0 fully saturated rings. The molecular formula is C16H27NO2. The van der Waals surface area contributed by atoms with Gasteiger partial charge >= 0.3 is 0 Å². The van der Waals surface area contributed by atoms with Crippen LogP contribution in [0.1, 0.15) is 45.7 Å². The molecule has 1 rings (SSSR count). The molecule has 1 aromatic carbocycles. The van der Waals surface area contributed by atoms with Crippen molar-refractivity contribution in [2.24, 2.45) is 5.92 Å². The molecule has 108 valence electrons. The Bertz CT molecular complexity index is 377. The summed E-state index contributed by atoms with van der Waals surface area (Å²) in [7, 11) is 2.00. The molecule has 0 aliphatic carbocycles. The van der Waals surface area contributed by atoms with Crippen molar-refractivity contribution < 1.29 is 9.47 Å². The van der Waals surface area contributed by atoms with Crippen LogP contribution in [0.15, 0.2) is 18.2 Å². The van der Waals surface area contributed by atoms with Crippen LogP contribution in [0, 0.1) is 5.92 Å². The largest absolute Gasteiger partial charge is 0.490 e. The Kier molecular flexibility index (Phi) is 6.71. The molecule has 0 spiro atoms. The number of ether oxygens (including phenoxy) is 2. The predicted octanol–water partition coefficient (Wildman–Crippen LogP) is 3.79. The van der Waals surface area contributed by atoms with Gasteiger partial charge in [0.2, 0.25) is 0 Å². The van der Waals surface area contributed by atoms with E-state index in [9.17, 15) is 0 Å². The van der Waals surface area contributed by atoms with Crippen LogP contribution in [0.25, 0.3) is 0 Å². The summed E-state index contributed by atoms with van der Waals surface area (Å²) in [5, 5.41) is 3.37. The maximum absolute atomic E-state index is 5.68. The molecule has 0 amide bonds. The fourth-order valence-electron chi connectivity index (χ4n) is 2.18. The quantitative estimate of drug-likeness (QED) is 0.775. The van der Waals surface area contributed by atoms with Crippen LogP contribution in [-0.4, -0.2) is 20.3 Å². The molecule has 0 aromatic heterocycles. The highest BCUT2D eigenvalue weighted by atomic mass is 16.5. The molecule has 0 aliphatic rings. The molecule has 1 N–H and O–H groups in total. The average molecular weight is 265 g/mol. The lowest BCUT2D eigenvalue weighted by Gasteiger charge is -2.20. The minimum Gasteiger partial charge on any atom is -0.490 e. The van der Waals surface area contributed by atoms with Gasteiger partial charge in [0.15, 0.2) is 11.5 Å². The molecular weight excluding hydrogens is 238 g/mol. The first-order valence-corrected chi connectivity index (χ1v) is 7.19. The van der Waals surface area contributed by atoms with Crippen molar-refractivity contribution in [3.05, 3.63) is 23.8 Å². The highest BCUT2D eigenvalue weighted by Crippen LogP contribution is 2.32. The van der Waals surface area contributed by atoms with Crippen molar-refractivity contribution >= 4 is 0 Å². The zero-order valence-corrected chi connectivity index (χ0v) is 12.8. The lowest BCUT2D eigenvalue weighted by molar-refractivity contribution is 0.287. The van der Waals surface area contributed by atoms with Crippen LogP contribution in [0.5, 0.6) is 11.5 Å². The zero-order valence-electron chi connectivity index (χ0n) is 12.8. The topological polar surface area (TPSA) is 30.5 Å². The first-order chi connectivity index (χ1) is 9.12. The number of rotatable bonds is 8. The third kappa shape index (κ3) is 4.75. The maximum Gasteiger partial charge on any atom is 0.161 e. The average Bonchev–Trinajstić information content (AvgIpc) is 2.38. The summed E-state index contributed by atoms with van der Waals surface area (Å²) in [6, 6.07) is 6.58. The third-order valence-electron chi connectivity index (χ3n) is 3.03. The van der Waals surface area contributed by atoms with Crippen LogP contribution < -0.4 is 14.8 Å². The van der Waals surface area contributed by atoms with Crippen molar-refractivity contribution in [1.82, 2.24) is 5.32 Å². The van der Waals surface area contributed by atoms with E-state index in [0.717, 1.165) is 17.9 Å². The summed E-state index contributed by atoms with van der Waals surface area (Å²) in [6.07, 6.45) is 1.11. The highest BCUT2D eigenvalue weighted by molar-refractivity contribution is 5.44. The normalized spacial score (nSPS) is 12.5. The Morgan fingerprint density at radius 1 is 1.05 bits per heavy atom. The lowest BCUT2D eigenvalue weighted by Crippen LogP contribution is -2.18. The van der Waals surface area contributed by atoms with E-state index < -0.39 is 0 Å². The van der Waals surface area contributed by atoms with E-state index in [2.05, 4.69) is 31.3 Å². The van der Waals surface area contributed by atoms with Gasteiger partial charge in [-0.2, -0.15) is 0 Å². The Morgan fingerprint density at radius 3 is 2.21 bits per heavy atom. The van der Waals surface area contributed by atoms with Gasteiger partial charge < -0.3 is 14.8 Å². The second kappa shape index (κ2) is 8.05. The summed E-state index contributed by atoms with van der Waals surface area (Å²) in [6.45, 7) is 9.76. The molecule has 1 atom stereocenters. The number of hydrogen-bond donors (Lipinski definition) is 1. The predicted molar refractivity (Wildman–Crippen MR) is 80.0 cm³/mol. The van der Waals surface area contributed by atoms with E-state index in [0.29, 0.717) is 25.2 Å². The van der Waals surface area contributed by atoms with Gasteiger partial charge in [0, 0.05) is 6.04 Å². The van der Waals surface area contributed by atoms with Gasteiger partial charge in [0.25, 0.3) is 0 Å². The summed E-state index contributed by atoms with van der Waals surface area (Å²) in [5.41, 5.74) is 1.25. The van der Waals surface area contributed by atoms with E-state index in [4.69, 9.17) is 9.47 Å². The fourth-order valence-corrected chi connectivity index (χ4v) is 2.18. The van der Waals surface area contributed by atoms with Gasteiger partial charge in [-0.15, -0.1) is 0 Å². The summed E-state index contributed by atoms with van der Waals surface area (Å²) in [4.78, 5) is 0. The Balaban J connectivity index is 2.97. The van der Waals surface area contributed by atoms with E-state index in [1.165, 1.54) is 5.56 Å². The SMILES string of the molecule is CCOc1ccc(C(CC(C)C)NC)cc1OCC. The van der Waals surface area contributed by atoms with Crippen LogP contribution in [0.2, 0.25) is 0 Å². The molecule has 1 unspecified atom stereocenters. The Morgan fingerprint density at radius 2 is 1.68 bits per heavy atom. The van der Waals surface area contributed by atoms with Gasteiger partial charge in [0.05, 0.1) is 13.2 Å². The molecule has 3 nitrogen and oxygen atoms in total. The molecule has 19 heavy (non-hydrogen) atoms. The molecule has 3 heteroatoms. The molecule has 0 bridgehead atoms. The molecule has 0 radical (unpaired) electrons. The van der Waals surface area contributed by atoms with Gasteiger partial charge in [-0.3, -0.25) is 0 Å². The van der Waals surface area contributed by atoms with Crippen LogP contribution >= 0.6 is 0 Å². The molecule has 0 heterocycles. The van der Waals surface area contributed by atoms with E-state index >= 15 is 0 Å². The minimum absolute atomic E-state index is 0.356. The van der Waals surface area contributed by atoms with Crippen molar-refractivity contribution in [3.63, 3.8) is 0 Å². The molecule has 1 aromatic rings. The monoisotopic (exact) mass is 265 g/mol. The van der Waals surface area contributed by atoms with Crippen molar-refractivity contribution in [3.8, 4) is 11.5 Å². The summed E-state index contributed by atoms with van der Waals surface area (Å²) < 4.78 is 11.3. The van der Waals surface area contributed by atoms with E-state index in [1.54, 1.807) is 0 Å². The van der Waals surface area contributed by atoms with E-state index in [1.807, 2.05) is 27.0 Å². The molecule has 0 saturated carbocycles. The third-order valence-corrected chi connectivity index (χ3v) is 3.03. The lowest BCUT2D eigenvalue weighted by atomic mass is 9.97. The molecule has 0 aliphatic heterocycles. The van der Waals surface area contributed by atoms with Gasteiger partial charge in [-0.25, -0.2) is 0 Å². The second-order valence-corrected chi connectivity index (χ2v) is 5.04. The number of nitrogens with one attached hydrogen (secondary N) is 1.